The zero-order valence-electron chi connectivity index (χ0n) is 10.4. The fourth-order valence-corrected chi connectivity index (χ4v) is 4.65. The number of aryl methyl sites for hydroxylation is 1. The molecule has 1 aliphatic carbocycles. The molecule has 2 N–H and O–H groups in total. The van der Waals surface area contributed by atoms with Crippen LogP contribution in [0.5, 0.6) is 0 Å². The van der Waals surface area contributed by atoms with Crippen LogP contribution in [0.4, 0.5) is 0 Å². The lowest BCUT2D eigenvalue weighted by molar-refractivity contribution is 0.563. The number of hydrogen-bond donors (Lipinski definition) is 1. The molecule has 19 heavy (non-hydrogen) atoms. The molecule has 1 atom stereocenters. The second-order valence-corrected chi connectivity index (χ2v) is 7.31. The Morgan fingerprint density at radius 1 is 1.47 bits per heavy atom. The summed E-state index contributed by atoms with van der Waals surface area (Å²) in [7, 11) is 0. The third-order valence-corrected chi connectivity index (χ3v) is 5.75. The van der Waals surface area contributed by atoms with Crippen LogP contribution < -0.4 is 5.73 Å². The predicted molar refractivity (Wildman–Crippen MR) is 83.0 cm³/mol. The van der Waals surface area contributed by atoms with Gasteiger partial charge in [-0.3, -0.25) is 0 Å². The Hall–Kier alpha value is -0.550. The minimum atomic E-state index is 0.143. The molecule has 1 heterocycles. The maximum atomic E-state index is 6.11. The molecule has 100 valence electrons. The molecule has 1 unspecified atom stereocenters. The van der Waals surface area contributed by atoms with Crippen molar-refractivity contribution in [1.82, 2.24) is 4.98 Å². The average Bonchev–Trinajstić information content (AvgIpc) is 2.81. The monoisotopic (exact) mass is 310 g/mol. The summed E-state index contributed by atoms with van der Waals surface area (Å²) >= 11 is 9.58. The van der Waals surface area contributed by atoms with Crippen molar-refractivity contribution in [2.24, 2.45) is 5.73 Å². The first kappa shape index (κ1) is 13.4. The molecule has 0 spiro atoms. The van der Waals surface area contributed by atoms with Crippen molar-refractivity contribution in [3.8, 4) is 0 Å². The van der Waals surface area contributed by atoms with Crippen molar-refractivity contribution in [1.29, 1.82) is 0 Å². The number of rotatable bonds is 3. The van der Waals surface area contributed by atoms with Crippen molar-refractivity contribution in [3.63, 3.8) is 0 Å². The van der Waals surface area contributed by atoms with E-state index >= 15 is 0 Å². The Morgan fingerprint density at radius 2 is 2.37 bits per heavy atom. The number of nitrogens with two attached hydrogens (primary N) is 1. The maximum absolute atomic E-state index is 6.11. The van der Waals surface area contributed by atoms with Gasteiger partial charge in [0, 0.05) is 20.8 Å². The smallest absolute Gasteiger partial charge is 0.103 e. The summed E-state index contributed by atoms with van der Waals surface area (Å²) in [5.41, 5.74) is 7.24. The normalized spacial score (nSPS) is 18.3. The molecule has 1 aromatic heterocycles. The van der Waals surface area contributed by atoms with Crippen LogP contribution in [0.1, 0.15) is 34.5 Å². The minimum absolute atomic E-state index is 0.143. The van der Waals surface area contributed by atoms with E-state index in [2.05, 4.69) is 6.07 Å². The Labute approximate surface area is 126 Å². The lowest BCUT2D eigenvalue weighted by Crippen LogP contribution is -2.16. The molecule has 3 rings (SSSR count). The Kier molecular flexibility index (Phi) is 4.12. The summed E-state index contributed by atoms with van der Waals surface area (Å²) in [6.07, 6.45) is 3.40. The van der Waals surface area contributed by atoms with Gasteiger partial charge in [0.2, 0.25) is 0 Å². The molecule has 0 amide bonds. The quantitative estimate of drug-likeness (QED) is 0.853. The van der Waals surface area contributed by atoms with Crippen LogP contribution in [0, 0.1) is 0 Å². The van der Waals surface area contributed by atoms with Crippen molar-refractivity contribution < 1.29 is 0 Å². The summed E-state index contributed by atoms with van der Waals surface area (Å²) in [4.78, 5) is 7.28. The number of halogens is 1. The fraction of sp³-hybridized carbons (Fsp3) is 0.357. The summed E-state index contributed by atoms with van der Waals surface area (Å²) < 4.78 is 0. The van der Waals surface area contributed by atoms with Gasteiger partial charge in [-0.1, -0.05) is 17.7 Å². The first-order valence-electron chi connectivity index (χ1n) is 6.35. The Balaban J connectivity index is 1.71. The van der Waals surface area contributed by atoms with Crippen LogP contribution >= 0.6 is 34.7 Å². The molecule has 1 aliphatic rings. The molecule has 0 radical (unpaired) electrons. The SMILES string of the molecule is NC1CCCc2sc(CSc3cccc(Cl)c3)nc21. The summed E-state index contributed by atoms with van der Waals surface area (Å²) in [6.45, 7) is 0. The molecule has 0 aliphatic heterocycles. The van der Waals surface area contributed by atoms with Gasteiger partial charge in [0.25, 0.3) is 0 Å². The van der Waals surface area contributed by atoms with E-state index in [9.17, 15) is 0 Å². The van der Waals surface area contributed by atoms with Crippen molar-refractivity contribution in [2.45, 2.75) is 36.0 Å². The number of thioether (sulfide) groups is 1. The van der Waals surface area contributed by atoms with Gasteiger partial charge in [-0.15, -0.1) is 23.1 Å². The van der Waals surface area contributed by atoms with Crippen LogP contribution in [-0.4, -0.2) is 4.98 Å². The maximum Gasteiger partial charge on any atom is 0.103 e. The van der Waals surface area contributed by atoms with Gasteiger partial charge in [0.05, 0.1) is 11.4 Å². The second kappa shape index (κ2) is 5.83. The number of hydrogen-bond acceptors (Lipinski definition) is 4. The number of benzene rings is 1. The lowest BCUT2D eigenvalue weighted by atomic mass is 9.99. The number of fused-ring (bicyclic) bond motifs is 1. The molecule has 2 nitrogen and oxygen atoms in total. The van der Waals surface area contributed by atoms with E-state index in [1.165, 1.54) is 21.2 Å². The predicted octanol–water partition coefficient (Wildman–Crippen LogP) is 4.42. The van der Waals surface area contributed by atoms with Gasteiger partial charge in [-0.25, -0.2) is 4.98 Å². The molecule has 1 aromatic carbocycles. The van der Waals surface area contributed by atoms with Crippen LogP contribution in [0.3, 0.4) is 0 Å². The highest BCUT2D eigenvalue weighted by atomic mass is 35.5. The van der Waals surface area contributed by atoms with E-state index in [1.54, 1.807) is 11.8 Å². The molecule has 0 fully saturated rings. The minimum Gasteiger partial charge on any atom is -0.323 e. The molecule has 5 heteroatoms. The number of thiazole rings is 1. The van der Waals surface area contributed by atoms with Gasteiger partial charge in [-0.05, 0) is 37.5 Å². The fourth-order valence-electron chi connectivity index (χ4n) is 2.27. The highest BCUT2D eigenvalue weighted by Crippen LogP contribution is 2.34. The summed E-state index contributed by atoms with van der Waals surface area (Å²) in [5, 5.41) is 1.96. The van der Waals surface area contributed by atoms with Crippen molar-refractivity contribution in [2.75, 3.05) is 0 Å². The third-order valence-electron chi connectivity index (χ3n) is 3.20. The van der Waals surface area contributed by atoms with Crippen LogP contribution in [0.25, 0.3) is 0 Å². The van der Waals surface area contributed by atoms with E-state index in [0.29, 0.717) is 0 Å². The standard InChI is InChI=1S/C14H15ClN2S2/c15-9-3-1-4-10(7-9)18-8-13-17-14-11(16)5-2-6-12(14)19-13/h1,3-4,7,11H,2,5-6,8,16H2. The highest BCUT2D eigenvalue weighted by molar-refractivity contribution is 7.98. The zero-order valence-corrected chi connectivity index (χ0v) is 12.8. The first-order valence-corrected chi connectivity index (χ1v) is 8.53. The van der Waals surface area contributed by atoms with Gasteiger partial charge >= 0.3 is 0 Å². The van der Waals surface area contributed by atoms with E-state index in [0.717, 1.165) is 29.3 Å². The third kappa shape index (κ3) is 3.14. The second-order valence-electron chi connectivity index (χ2n) is 4.66. The first-order chi connectivity index (χ1) is 9.22. The van der Waals surface area contributed by atoms with Crippen LogP contribution in [0.15, 0.2) is 29.2 Å². The van der Waals surface area contributed by atoms with Gasteiger partial charge in [-0.2, -0.15) is 0 Å². The number of nitrogens with zero attached hydrogens (tertiary/aromatic N) is 1. The summed E-state index contributed by atoms with van der Waals surface area (Å²) in [6, 6.07) is 8.09. The van der Waals surface area contributed by atoms with Gasteiger partial charge in [0.15, 0.2) is 0 Å². The van der Waals surface area contributed by atoms with Crippen LogP contribution in [-0.2, 0) is 12.2 Å². The molecular weight excluding hydrogens is 296 g/mol. The van der Waals surface area contributed by atoms with Crippen molar-refractivity contribution in [3.05, 3.63) is 44.9 Å². The number of aromatic nitrogens is 1. The average molecular weight is 311 g/mol. The Morgan fingerprint density at radius 3 is 3.16 bits per heavy atom. The molecule has 0 bridgehead atoms. The van der Waals surface area contributed by atoms with Gasteiger partial charge in [0.1, 0.15) is 5.01 Å². The topological polar surface area (TPSA) is 38.9 Å². The molecule has 0 saturated carbocycles. The van der Waals surface area contributed by atoms with Crippen molar-refractivity contribution >= 4 is 34.7 Å². The van der Waals surface area contributed by atoms with E-state index in [-0.39, 0.29) is 6.04 Å². The highest BCUT2D eigenvalue weighted by Gasteiger charge is 2.21. The Bertz CT molecular complexity index is 583. The summed E-state index contributed by atoms with van der Waals surface area (Å²) in [5.74, 6) is 0.894. The van der Waals surface area contributed by atoms with Crippen LogP contribution in [0.2, 0.25) is 5.02 Å². The lowest BCUT2D eigenvalue weighted by Gasteiger charge is -2.15. The molecule has 0 saturated heterocycles. The molecule has 2 aromatic rings. The zero-order chi connectivity index (χ0) is 13.2. The van der Waals surface area contributed by atoms with E-state index in [4.69, 9.17) is 22.3 Å². The largest absolute Gasteiger partial charge is 0.323 e. The van der Waals surface area contributed by atoms with E-state index in [1.807, 2.05) is 29.5 Å². The van der Waals surface area contributed by atoms with E-state index < -0.39 is 0 Å². The molecular formula is C14H15ClN2S2. The van der Waals surface area contributed by atoms with Gasteiger partial charge < -0.3 is 5.73 Å².